The Labute approximate surface area is 218 Å². The number of fused-ring (bicyclic) bond motifs is 1. The molecule has 4 aromatic rings. The smallest absolute Gasteiger partial charge is 0.257 e. The first-order chi connectivity index (χ1) is 17.7. The number of aryl methyl sites for hydroxylation is 1. The monoisotopic (exact) mass is 513 g/mol. The molecule has 0 aliphatic rings. The number of benzene rings is 3. The van der Waals surface area contributed by atoms with Crippen LogP contribution in [0.25, 0.3) is 17.0 Å². The molecule has 0 aliphatic heterocycles. The SMILES string of the molecule is CC(=O)/C(=C/c1cnc2ccccc2c1)NC(=O)c1c(C)cc(C(=O)NCc2cccc(O)c2)cc1Cl. The van der Waals surface area contributed by atoms with E-state index in [-0.39, 0.29) is 45.8 Å². The van der Waals surface area contributed by atoms with Crippen molar-refractivity contribution in [1.29, 1.82) is 0 Å². The van der Waals surface area contributed by atoms with Crippen LogP contribution in [-0.2, 0) is 11.3 Å². The zero-order valence-electron chi connectivity index (χ0n) is 20.2. The lowest BCUT2D eigenvalue weighted by Crippen LogP contribution is -2.28. The Bertz CT molecular complexity index is 1540. The van der Waals surface area contributed by atoms with Gasteiger partial charge in [0.2, 0.25) is 0 Å². The number of hydrogen-bond acceptors (Lipinski definition) is 5. The van der Waals surface area contributed by atoms with Crippen LogP contribution in [0.2, 0.25) is 5.02 Å². The quantitative estimate of drug-likeness (QED) is 0.295. The third kappa shape index (κ3) is 6.20. The molecule has 0 atom stereocenters. The Kier molecular flexibility index (Phi) is 7.65. The summed E-state index contributed by atoms with van der Waals surface area (Å²) in [4.78, 5) is 42.4. The van der Waals surface area contributed by atoms with E-state index in [1.54, 1.807) is 49.5 Å². The molecule has 0 spiro atoms. The number of Topliss-reactive ketones (excluding diaryl/α,β-unsaturated/α-hetero) is 1. The van der Waals surface area contributed by atoms with Gasteiger partial charge in [0.25, 0.3) is 11.8 Å². The third-order valence-electron chi connectivity index (χ3n) is 5.69. The van der Waals surface area contributed by atoms with E-state index in [1.165, 1.54) is 13.0 Å². The molecule has 7 nitrogen and oxygen atoms in total. The molecule has 0 saturated carbocycles. The summed E-state index contributed by atoms with van der Waals surface area (Å²) in [5, 5.41) is 16.0. The lowest BCUT2D eigenvalue weighted by Gasteiger charge is -2.13. The first-order valence-corrected chi connectivity index (χ1v) is 11.8. The number of rotatable bonds is 7. The maximum atomic E-state index is 13.1. The molecule has 1 aromatic heterocycles. The third-order valence-corrected chi connectivity index (χ3v) is 5.99. The minimum atomic E-state index is -0.565. The molecule has 0 fully saturated rings. The van der Waals surface area contributed by atoms with Gasteiger partial charge in [0.1, 0.15) is 5.75 Å². The number of ketones is 1. The van der Waals surface area contributed by atoms with Crippen molar-refractivity contribution < 1.29 is 19.5 Å². The lowest BCUT2D eigenvalue weighted by atomic mass is 10.0. The zero-order chi connectivity index (χ0) is 26.5. The van der Waals surface area contributed by atoms with Gasteiger partial charge in [0.05, 0.1) is 21.8 Å². The molecule has 3 N–H and O–H groups in total. The molecule has 37 heavy (non-hydrogen) atoms. The molecule has 0 saturated heterocycles. The van der Waals surface area contributed by atoms with Crippen LogP contribution < -0.4 is 10.6 Å². The predicted octanol–water partition coefficient (Wildman–Crippen LogP) is 5.19. The van der Waals surface area contributed by atoms with Crippen LogP contribution in [0.15, 0.2) is 78.6 Å². The van der Waals surface area contributed by atoms with Gasteiger partial charge in [0.15, 0.2) is 5.78 Å². The summed E-state index contributed by atoms with van der Waals surface area (Å²) < 4.78 is 0. The molecular weight excluding hydrogens is 490 g/mol. The van der Waals surface area contributed by atoms with Gasteiger partial charge < -0.3 is 15.7 Å². The number of para-hydroxylation sites is 1. The average molecular weight is 514 g/mol. The summed E-state index contributed by atoms with van der Waals surface area (Å²) in [7, 11) is 0. The summed E-state index contributed by atoms with van der Waals surface area (Å²) >= 11 is 6.41. The van der Waals surface area contributed by atoms with Crippen molar-refractivity contribution in [3.05, 3.63) is 111 Å². The van der Waals surface area contributed by atoms with Crippen LogP contribution in [0.4, 0.5) is 0 Å². The molecule has 0 aliphatic carbocycles. The van der Waals surface area contributed by atoms with E-state index in [0.29, 0.717) is 11.1 Å². The molecule has 0 bridgehead atoms. The van der Waals surface area contributed by atoms with Crippen molar-refractivity contribution in [3.63, 3.8) is 0 Å². The summed E-state index contributed by atoms with van der Waals surface area (Å²) in [6.07, 6.45) is 3.19. The fraction of sp³-hybridized carbons (Fsp3) is 0.103. The van der Waals surface area contributed by atoms with Crippen molar-refractivity contribution in [2.24, 2.45) is 0 Å². The van der Waals surface area contributed by atoms with E-state index in [4.69, 9.17) is 11.6 Å². The number of phenolic OH excluding ortho intramolecular Hbond substituents is 1. The zero-order valence-corrected chi connectivity index (χ0v) is 21.0. The highest BCUT2D eigenvalue weighted by atomic mass is 35.5. The molecule has 8 heteroatoms. The van der Waals surface area contributed by atoms with Crippen LogP contribution in [0.1, 0.15) is 44.3 Å². The number of halogens is 1. The van der Waals surface area contributed by atoms with Crippen molar-refractivity contribution in [2.45, 2.75) is 20.4 Å². The highest BCUT2D eigenvalue weighted by molar-refractivity contribution is 6.34. The number of pyridine rings is 1. The molecule has 4 rings (SSSR count). The number of allylic oxidation sites excluding steroid dienone is 1. The van der Waals surface area contributed by atoms with Crippen LogP contribution in [0.3, 0.4) is 0 Å². The van der Waals surface area contributed by atoms with Gasteiger partial charge in [-0.2, -0.15) is 0 Å². The predicted molar refractivity (Wildman–Crippen MR) is 143 cm³/mol. The molecular formula is C29H24ClN3O4. The molecule has 3 aromatic carbocycles. The number of amides is 2. The van der Waals surface area contributed by atoms with Gasteiger partial charge >= 0.3 is 0 Å². The van der Waals surface area contributed by atoms with Crippen molar-refractivity contribution in [1.82, 2.24) is 15.6 Å². The van der Waals surface area contributed by atoms with E-state index in [1.807, 2.05) is 30.3 Å². The average Bonchev–Trinajstić information content (AvgIpc) is 2.86. The van der Waals surface area contributed by atoms with Crippen LogP contribution in [0, 0.1) is 6.92 Å². The number of aromatic hydroxyl groups is 1. The topological polar surface area (TPSA) is 108 Å². The lowest BCUT2D eigenvalue weighted by molar-refractivity contribution is -0.113. The van der Waals surface area contributed by atoms with Gasteiger partial charge in [0, 0.05) is 30.6 Å². The fourth-order valence-corrected chi connectivity index (χ4v) is 4.21. The second kappa shape index (κ2) is 11.1. The summed E-state index contributed by atoms with van der Waals surface area (Å²) in [5.74, 6) is -1.17. The Morgan fingerprint density at radius 1 is 1.00 bits per heavy atom. The highest BCUT2D eigenvalue weighted by Gasteiger charge is 2.19. The summed E-state index contributed by atoms with van der Waals surface area (Å²) in [6, 6.07) is 19.0. The van der Waals surface area contributed by atoms with Gasteiger partial charge in [-0.25, -0.2) is 0 Å². The molecule has 0 unspecified atom stereocenters. The fourth-order valence-electron chi connectivity index (χ4n) is 3.86. The Hall–Kier alpha value is -4.49. The first-order valence-electron chi connectivity index (χ1n) is 11.5. The van der Waals surface area contributed by atoms with Gasteiger partial charge in [-0.15, -0.1) is 0 Å². The number of aromatic nitrogens is 1. The molecule has 2 amide bonds. The van der Waals surface area contributed by atoms with Crippen LogP contribution in [0.5, 0.6) is 5.75 Å². The largest absolute Gasteiger partial charge is 0.508 e. The van der Waals surface area contributed by atoms with E-state index in [9.17, 15) is 19.5 Å². The highest BCUT2D eigenvalue weighted by Crippen LogP contribution is 2.23. The maximum Gasteiger partial charge on any atom is 0.257 e. The minimum Gasteiger partial charge on any atom is -0.508 e. The van der Waals surface area contributed by atoms with Crippen molar-refractivity contribution in [3.8, 4) is 5.75 Å². The van der Waals surface area contributed by atoms with E-state index >= 15 is 0 Å². The Morgan fingerprint density at radius 2 is 1.78 bits per heavy atom. The number of hydrogen-bond donors (Lipinski definition) is 3. The second-order valence-corrected chi connectivity index (χ2v) is 8.94. The minimum absolute atomic E-state index is 0.0790. The van der Waals surface area contributed by atoms with E-state index in [0.717, 1.165) is 16.5 Å². The molecule has 186 valence electrons. The van der Waals surface area contributed by atoms with Crippen LogP contribution >= 0.6 is 11.6 Å². The number of phenols is 1. The summed E-state index contributed by atoms with van der Waals surface area (Å²) in [5.41, 5.74) is 3.22. The number of nitrogens with zero attached hydrogens (tertiary/aromatic N) is 1. The number of nitrogens with one attached hydrogen (secondary N) is 2. The van der Waals surface area contributed by atoms with Crippen LogP contribution in [-0.4, -0.2) is 27.7 Å². The number of carbonyl (C=O) groups is 3. The number of carbonyl (C=O) groups excluding carboxylic acids is 3. The van der Waals surface area contributed by atoms with E-state index < -0.39 is 5.91 Å². The molecule has 1 heterocycles. The Balaban J connectivity index is 1.52. The first kappa shape index (κ1) is 25.6. The van der Waals surface area contributed by atoms with Gasteiger partial charge in [-0.1, -0.05) is 41.9 Å². The Morgan fingerprint density at radius 3 is 2.51 bits per heavy atom. The van der Waals surface area contributed by atoms with Crippen molar-refractivity contribution in [2.75, 3.05) is 0 Å². The summed E-state index contributed by atoms with van der Waals surface area (Å²) in [6.45, 7) is 3.23. The second-order valence-electron chi connectivity index (χ2n) is 8.53. The van der Waals surface area contributed by atoms with Crippen molar-refractivity contribution >= 4 is 46.2 Å². The van der Waals surface area contributed by atoms with Gasteiger partial charge in [-0.3, -0.25) is 19.4 Å². The van der Waals surface area contributed by atoms with E-state index in [2.05, 4.69) is 15.6 Å². The van der Waals surface area contributed by atoms with Gasteiger partial charge in [-0.05, 0) is 66.1 Å². The standard InChI is InChI=1S/C29H24ClN3O4/c1-17-10-22(28(36)32-15-19-6-5-8-23(35)12-19)14-24(30)27(17)29(37)33-26(18(2)34)13-20-11-21-7-3-4-9-25(21)31-16-20/h3-14,16,35H,15H2,1-2H3,(H,32,36)(H,33,37)/b26-13-. The maximum absolute atomic E-state index is 13.1. The molecule has 0 radical (unpaired) electrons. The normalized spacial score (nSPS) is 11.3.